The third kappa shape index (κ3) is 2.88. The highest BCUT2D eigenvalue weighted by Crippen LogP contribution is 2.31. The molecule has 1 aromatic heterocycles. The third-order valence-corrected chi connectivity index (χ3v) is 4.80. The van der Waals surface area contributed by atoms with E-state index in [9.17, 15) is 0 Å². The maximum Gasteiger partial charge on any atom is 0.0940 e. The maximum absolute atomic E-state index is 4.51. The van der Waals surface area contributed by atoms with Crippen LogP contribution in [0.1, 0.15) is 39.9 Å². The number of hydrogen-bond acceptors (Lipinski definition) is 3. The SMILES string of the molecule is Cc1ccc2c(c1)C(NCCc1nc(C)cs1)CC2. The lowest BCUT2D eigenvalue weighted by molar-refractivity contribution is 0.533. The zero-order valence-electron chi connectivity index (χ0n) is 11.6. The van der Waals surface area contributed by atoms with Gasteiger partial charge in [0, 0.05) is 30.1 Å². The molecule has 3 heteroatoms. The number of nitrogens with one attached hydrogen (secondary N) is 1. The highest BCUT2D eigenvalue weighted by atomic mass is 32.1. The number of fused-ring (bicyclic) bond motifs is 1. The van der Waals surface area contributed by atoms with Gasteiger partial charge < -0.3 is 5.32 Å². The fraction of sp³-hybridized carbons (Fsp3) is 0.438. The van der Waals surface area contributed by atoms with Crippen LogP contribution in [0.5, 0.6) is 0 Å². The summed E-state index contributed by atoms with van der Waals surface area (Å²) >= 11 is 1.77. The van der Waals surface area contributed by atoms with Crippen molar-refractivity contribution in [1.29, 1.82) is 0 Å². The lowest BCUT2D eigenvalue weighted by Crippen LogP contribution is -2.21. The molecular weight excluding hydrogens is 252 g/mol. The van der Waals surface area contributed by atoms with Crippen LogP contribution in [0.4, 0.5) is 0 Å². The molecule has 0 saturated heterocycles. The Bertz CT molecular complexity index is 574. The predicted octanol–water partition coefficient (Wildman–Crippen LogP) is 3.58. The molecule has 1 unspecified atom stereocenters. The van der Waals surface area contributed by atoms with Gasteiger partial charge in [0.25, 0.3) is 0 Å². The van der Waals surface area contributed by atoms with Gasteiger partial charge in [-0.3, -0.25) is 0 Å². The van der Waals surface area contributed by atoms with Gasteiger partial charge in [-0.25, -0.2) is 4.98 Å². The molecule has 0 amide bonds. The molecule has 0 radical (unpaired) electrons. The number of aryl methyl sites for hydroxylation is 3. The molecule has 0 bridgehead atoms. The molecule has 1 aliphatic rings. The summed E-state index contributed by atoms with van der Waals surface area (Å²) in [6.45, 7) is 5.25. The second kappa shape index (κ2) is 5.43. The smallest absolute Gasteiger partial charge is 0.0940 e. The Hall–Kier alpha value is -1.19. The standard InChI is InChI=1S/C16H20N2S/c1-11-3-4-13-5-6-15(14(13)9-11)17-8-7-16-18-12(2)10-19-16/h3-4,9-10,15,17H,5-8H2,1-2H3. The average molecular weight is 272 g/mol. The molecular formula is C16H20N2S. The zero-order valence-corrected chi connectivity index (χ0v) is 12.4. The van der Waals surface area contributed by atoms with Gasteiger partial charge in [-0.05, 0) is 37.8 Å². The minimum absolute atomic E-state index is 0.538. The van der Waals surface area contributed by atoms with Crippen LogP contribution in [-0.4, -0.2) is 11.5 Å². The summed E-state index contributed by atoms with van der Waals surface area (Å²) in [5, 5.41) is 7.06. The molecule has 0 spiro atoms. The summed E-state index contributed by atoms with van der Waals surface area (Å²) in [6.07, 6.45) is 3.48. The van der Waals surface area contributed by atoms with Crippen molar-refractivity contribution in [2.75, 3.05) is 6.54 Å². The molecule has 2 aromatic rings. The molecule has 1 aliphatic carbocycles. The van der Waals surface area contributed by atoms with E-state index in [1.54, 1.807) is 11.3 Å². The van der Waals surface area contributed by atoms with Crippen LogP contribution in [0, 0.1) is 13.8 Å². The van der Waals surface area contributed by atoms with Crippen LogP contribution in [0.25, 0.3) is 0 Å². The second-order valence-corrected chi connectivity index (χ2v) is 6.32. The fourth-order valence-corrected chi connectivity index (χ4v) is 3.58. The zero-order chi connectivity index (χ0) is 13.2. The molecule has 0 saturated carbocycles. The van der Waals surface area contributed by atoms with Gasteiger partial charge in [0.05, 0.1) is 5.01 Å². The van der Waals surface area contributed by atoms with Gasteiger partial charge in [0.15, 0.2) is 0 Å². The molecule has 2 nitrogen and oxygen atoms in total. The van der Waals surface area contributed by atoms with Gasteiger partial charge in [-0.1, -0.05) is 23.8 Å². The van der Waals surface area contributed by atoms with E-state index in [2.05, 4.69) is 47.7 Å². The van der Waals surface area contributed by atoms with Crippen LogP contribution in [0.15, 0.2) is 23.6 Å². The van der Waals surface area contributed by atoms with Crippen LogP contribution >= 0.6 is 11.3 Å². The number of thiazole rings is 1. The van der Waals surface area contributed by atoms with E-state index in [1.165, 1.54) is 34.5 Å². The first-order valence-electron chi connectivity index (χ1n) is 6.96. The highest BCUT2D eigenvalue weighted by Gasteiger charge is 2.21. The lowest BCUT2D eigenvalue weighted by atomic mass is 10.1. The largest absolute Gasteiger partial charge is 0.310 e. The molecule has 0 fully saturated rings. The quantitative estimate of drug-likeness (QED) is 0.920. The van der Waals surface area contributed by atoms with E-state index in [1.807, 2.05) is 0 Å². The predicted molar refractivity (Wildman–Crippen MR) is 80.8 cm³/mol. The van der Waals surface area contributed by atoms with E-state index in [-0.39, 0.29) is 0 Å². The Morgan fingerprint density at radius 3 is 3.05 bits per heavy atom. The van der Waals surface area contributed by atoms with Crippen molar-refractivity contribution in [3.8, 4) is 0 Å². The van der Waals surface area contributed by atoms with E-state index in [4.69, 9.17) is 0 Å². The van der Waals surface area contributed by atoms with E-state index in [0.29, 0.717) is 6.04 Å². The molecule has 1 atom stereocenters. The first-order valence-corrected chi connectivity index (χ1v) is 7.84. The monoisotopic (exact) mass is 272 g/mol. The molecule has 0 aliphatic heterocycles. The molecule has 19 heavy (non-hydrogen) atoms. The molecule has 100 valence electrons. The first-order chi connectivity index (χ1) is 9.22. The topological polar surface area (TPSA) is 24.9 Å². The Morgan fingerprint density at radius 2 is 2.26 bits per heavy atom. The Kier molecular flexibility index (Phi) is 3.67. The Labute approximate surface area is 118 Å². The molecule has 1 aromatic carbocycles. The van der Waals surface area contributed by atoms with Gasteiger partial charge in [0.1, 0.15) is 0 Å². The van der Waals surface area contributed by atoms with Crippen LogP contribution in [-0.2, 0) is 12.8 Å². The van der Waals surface area contributed by atoms with Crippen LogP contribution < -0.4 is 5.32 Å². The van der Waals surface area contributed by atoms with Gasteiger partial charge >= 0.3 is 0 Å². The molecule has 1 heterocycles. The number of nitrogens with zero attached hydrogens (tertiary/aromatic N) is 1. The molecule has 3 rings (SSSR count). The van der Waals surface area contributed by atoms with Crippen LogP contribution in [0.3, 0.4) is 0 Å². The number of hydrogen-bond donors (Lipinski definition) is 1. The summed E-state index contributed by atoms with van der Waals surface area (Å²) < 4.78 is 0. The van der Waals surface area contributed by atoms with Gasteiger partial charge in [-0.2, -0.15) is 0 Å². The van der Waals surface area contributed by atoms with Crippen molar-refractivity contribution in [1.82, 2.24) is 10.3 Å². The summed E-state index contributed by atoms with van der Waals surface area (Å²) in [6, 6.07) is 7.39. The van der Waals surface area contributed by atoms with Gasteiger partial charge in [-0.15, -0.1) is 11.3 Å². The average Bonchev–Trinajstić information content (AvgIpc) is 2.97. The normalized spacial score (nSPS) is 17.7. The highest BCUT2D eigenvalue weighted by molar-refractivity contribution is 7.09. The van der Waals surface area contributed by atoms with E-state index < -0.39 is 0 Å². The number of aromatic nitrogens is 1. The van der Waals surface area contributed by atoms with E-state index in [0.717, 1.165) is 18.7 Å². The van der Waals surface area contributed by atoms with Crippen molar-refractivity contribution >= 4 is 11.3 Å². The van der Waals surface area contributed by atoms with E-state index >= 15 is 0 Å². The minimum atomic E-state index is 0.538. The van der Waals surface area contributed by atoms with Crippen molar-refractivity contribution in [3.63, 3.8) is 0 Å². The van der Waals surface area contributed by atoms with Crippen molar-refractivity contribution in [3.05, 3.63) is 51.0 Å². The summed E-state index contributed by atoms with van der Waals surface area (Å²) in [4.78, 5) is 4.51. The second-order valence-electron chi connectivity index (χ2n) is 5.38. The van der Waals surface area contributed by atoms with Crippen molar-refractivity contribution < 1.29 is 0 Å². The third-order valence-electron chi connectivity index (χ3n) is 3.78. The van der Waals surface area contributed by atoms with Crippen LogP contribution in [0.2, 0.25) is 0 Å². The fourth-order valence-electron chi connectivity index (χ4n) is 2.80. The van der Waals surface area contributed by atoms with Gasteiger partial charge in [0.2, 0.25) is 0 Å². The maximum atomic E-state index is 4.51. The summed E-state index contributed by atoms with van der Waals surface area (Å²) in [5.41, 5.74) is 5.54. The summed E-state index contributed by atoms with van der Waals surface area (Å²) in [5.74, 6) is 0. The lowest BCUT2D eigenvalue weighted by Gasteiger charge is -2.14. The Morgan fingerprint density at radius 1 is 1.37 bits per heavy atom. The first kappa shape index (κ1) is 12.8. The minimum Gasteiger partial charge on any atom is -0.310 e. The van der Waals surface area contributed by atoms with Crippen molar-refractivity contribution in [2.24, 2.45) is 0 Å². The molecule has 1 N–H and O–H groups in total. The summed E-state index contributed by atoms with van der Waals surface area (Å²) in [7, 11) is 0. The number of benzene rings is 1. The Balaban J connectivity index is 1.59. The van der Waals surface area contributed by atoms with Crippen molar-refractivity contribution in [2.45, 2.75) is 39.2 Å². The number of rotatable bonds is 4.